The molecule has 2 fully saturated rings. The van der Waals surface area contributed by atoms with Crippen molar-refractivity contribution in [3.8, 4) is 0 Å². The van der Waals surface area contributed by atoms with Gasteiger partial charge in [-0.05, 0) is 38.7 Å². The summed E-state index contributed by atoms with van der Waals surface area (Å²) in [7, 11) is -3.27. The number of piperidine rings is 1. The Hall–Kier alpha value is -1.54. The Morgan fingerprint density at radius 2 is 1.92 bits per heavy atom. The minimum atomic E-state index is -3.27. The largest absolute Gasteiger partial charge is 0.342 e. The van der Waals surface area contributed by atoms with Gasteiger partial charge in [-0.25, -0.2) is 21.9 Å². The number of rotatable bonds is 5. The number of likely N-dealkylation sites (tertiary alicyclic amines) is 1. The van der Waals surface area contributed by atoms with Crippen LogP contribution < -0.4 is 4.72 Å². The predicted molar refractivity (Wildman–Crippen MR) is 94.1 cm³/mol. The maximum absolute atomic E-state index is 14.3. The third-order valence-electron chi connectivity index (χ3n) is 5.57. The van der Waals surface area contributed by atoms with Gasteiger partial charge in [-0.3, -0.25) is 4.79 Å². The Bertz CT molecular complexity index is 786. The molecule has 1 aliphatic carbocycles. The average molecular weight is 386 g/mol. The van der Waals surface area contributed by atoms with E-state index in [9.17, 15) is 22.0 Å². The van der Waals surface area contributed by atoms with Gasteiger partial charge in [0.15, 0.2) is 0 Å². The number of hydrogen-bond donors (Lipinski definition) is 1. The molecule has 1 aromatic carbocycles. The van der Waals surface area contributed by atoms with Gasteiger partial charge >= 0.3 is 0 Å². The van der Waals surface area contributed by atoms with Crippen LogP contribution in [0.15, 0.2) is 18.2 Å². The highest BCUT2D eigenvalue weighted by Gasteiger charge is 2.49. The minimum Gasteiger partial charge on any atom is -0.342 e. The lowest BCUT2D eigenvalue weighted by atomic mass is 9.63. The van der Waals surface area contributed by atoms with Gasteiger partial charge in [0.25, 0.3) is 0 Å². The van der Waals surface area contributed by atoms with Gasteiger partial charge in [0.05, 0.1) is 11.2 Å². The first-order chi connectivity index (χ1) is 12.3. The molecule has 1 aliphatic heterocycles. The van der Waals surface area contributed by atoms with Crippen LogP contribution in [0.4, 0.5) is 8.78 Å². The maximum atomic E-state index is 14.3. The van der Waals surface area contributed by atoms with Crippen molar-refractivity contribution in [2.75, 3.05) is 18.8 Å². The summed E-state index contributed by atoms with van der Waals surface area (Å²) < 4.78 is 53.5. The molecule has 5 nitrogen and oxygen atoms in total. The number of nitrogens with one attached hydrogen (secondary N) is 1. The standard InChI is InChI=1S/C18H24F2N2O3S/c1-2-26(24,25)21-14-6-10-22(11-7-14)17(23)18(8-3-9-18)15-5-4-13(19)12-16(15)20/h4-5,12,14,21H,2-3,6-11H2,1H3. The number of carbonyl (C=O) groups excluding carboxylic acids is 1. The molecular formula is C18H24F2N2O3S. The molecule has 0 atom stereocenters. The second kappa shape index (κ2) is 7.23. The Labute approximate surface area is 152 Å². The lowest BCUT2D eigenvalue weighted by molar-refractivity contribution is -0.142. The van der Waals surface area contributed by atoms with Gasteiger partial charge in [-0.15, -0.1) is 0 Å². The van der Waals surface area contributed by atoms with Gasteiger partial charge in [0, 0.05) is 30.8 Å². The average Bonchev–Trinajstić information content (AvgIpc) is 2.56. The van der Waals surface area contributed by atoms with Crippen molar-refractivity contribution in [2.45, 2.75) is 50.5 Å². The number of halogens is 2. The summed E-state index contributed by atoms with van der Waals surface area (Å²) >= 11 is 0. The van der Waals surface area contributed by atoms with E-state index in [0.29, 0.717) is 38.8 Å². The van der Waals surface area contributed by atoms with E-state index < -0.39 is 27.1 Å². The molecule has 3 rings (SSSR count). The van der Waals surface area contributed by atoms with Crippen LogP contribution in [0.3, 0.4) is 0 Å². The first-order valence-electron chi connectivity index (χ1n) is 9.02. The van der Waals surface area contributed by atoms with Crippen LogP contribution in [0, 0.1) is 11.6 Å². The Morgan fingerprint density at radius 1 is 1.27 bits per heavy atom. The number of hydrogen-bond acceptors (Lipinski definition) is 3. The van der Waals surface area contributed by atoms with Crippen LogP contribution in [0.1, 0.15) is 44.6 Å². The molecule has 8 heteroatoms. The molecule has 0 aromatic heterocycles. The maximum Gasteiger partial charge on any atom is 0.233 e. The van der Waals surface area contributed by atoms with Crippen molar-refractivity contribution < 1.29 is 22.0 Å². The molecule has 2 aliphatic rings. The predicted octanol–water partition coefficient (Wildman–Crippen LogP) is 2.32. The van der Waals surface area contributed by atoms with E-state index >= 15 is 0 Å². The highest BCUT2D eigenvalue weighted by atomic mass is 32.2. The van der Waals surface area contributed by atoms with E-state index in [4.69, 9.17) is 0 Å². The Kier molecular flexibility index (Phi) is 5.35. The Balaban J connectivity index is 1.71. The van der Waals surface area contributed by atoms with E-state index in [1.54, 1.807) is 11.8 Å². The van der Waals surface area contributed by atoms with E-state index in [-0.39, 0.29) is 23.3 Å². The molecule has 1 amide bonds. The number of nitrogens with zero attached hydrogens (tertiary/aromatic N) is 1. The van der Waals surface area contributed by atoms with Crippen molar-refractivity contribution >= 4 is 15.9 Å². The van der Waals surface area contributed by atoms with Crippen LogP contribution in [-0.2, 0) is 20.2 Å². The highest BCUT2D eigenvalue weighted by Crippen LogP contribution is 2.46. The molecule has 1 aromatic rings. The van der Waals surface area contributed by atoms with Crippen molar-refractivity contribution in [3.05, 3.63) is 35.4 Å². The van der Waals surface area contributed by atoms with Gasteiger partial charge in [-0.2, -0.15) is 0 Å². The fourth-order valence-corrected chi connectivity index (χ4v) is 4.76. The quantitative estimate of drug-likeness (QED) is 0.845. The monoisotopic (exact) mass is 386 g/mol. The summed E-state index contributed by atoms with van der Waals surface area (Å²) in [4.78, 5) is 14.8. The Morgan fingerprint density at radius 3 is 2.42 bits per heavy atom. The fourth-order valence-electron chi connectivity index (χ4n) is 3.85. The molecule has 0 radical (unpaired) electrons. The molecular weight excluding hydrogens is 362 g/mol. The molecule has 1 heterocycles. The number of carbonyl (C=O) groups is 1. The third kappa shape index (κ3) is 3.62. The summed E-state index contributed by atoms with van der Waals surface area (Å²) in [5.74, 6) is -1.44. The van der Waals surface area contributed by atoms with Crippen LogP contribution >= 0.6 is 0 Å². The molecule has 1 saturated carbocycles. The molecule has 144 valence electrons. The van der Waals surface area contributed by atoms with E-state index in [1.807, 2.05) is 0 Å². The topological polar surface area (TPSA) is 66.5 Å². The van der Waals surface area contributed by atoms with Crippen molar-refractivity contribution in [2.24, 2.45) is 0 Å². The van der Waals surface area contributed by atoms with Crippen LogP contribution in [-0.4, -0.2) is 44.1 Å². The second-order valence-electron chi connectivity index (χ2n) is 7.15. The van der Waals surface area contributed by atoms with Crippen LogP contribution in [0.5, 0.6) is 0 Å². The lowest BCUT2D eigenvalue weighted by Gasteiger charge is -2.45. The van der Waals surface area contributed by atoms with Gasteiger partial charge in [0.2, 0.25) is 15.9 Å². The number of benzene rings is 1. The van der Waals surface area contributed by atoms with Crippen LogP contribution in [0.2, 0.25) is 0 Å². The van der Waals surface area contributed by atoms with E-state index in [0.717, 1.165) is 12.5 Å². The van der Waals surface area contributed by atoms with Crippen LogP contribution in [0.25, 0.3) is 0 Å². The highest BCUT2D eigenvalue weighted by molar-refractivity contribution is 7.89. The normalized spacial score (nSPS) is 20.7. The zero-order chi connectivity index (χ0) is 18.9. The molecule has 1 saturated heterocycles. The van der Waals surface area contributed by atoms with Crippen molar-refractivity contribution in [1.82, 2.24) is 9.62 Å². The number of amides is 1. The van der Waals surface area contributed by atoms with Gasteiger partial charge in [0.1, 0.15) is 11.6 Å². The summed E-state index contributed by atoms with van der Waals surface area (Å²) in [6, 6.07) is 3.22. The minimum absolute atomic E-state index is 0.0269. The second-order valence-corrected chi connectivity index (χ2v) is 9.19. The van der Waals surface area contributed by atoms with E-state index in [2.05, 4.69) is 4.72 Å². The summed E-state index contributed by atoms with van der Waals surface area (Å²) in [6.07, 6.45) is 3.00. The first-order valence-corrected chi connectivity index (χ1v) is 10.7. The SMILES string of the molecule is CCS(=O)(=O)NC1CCN(C(=O)C2(c3ccc(F)cc3F)CCC2)CC1. The zero-order valence-electron chi connectivity index (χ0n) is 14.8. The first kappa shape index (κ1) is 19.2. The molecule has 26 heavy (non-hydrogen) atoms. The molecule has 1 N–H and O–H groups in total. The lowest BCUT2D eigenvalue weighted by Crippen LogP contribution is -2.55. The van der Waals surface area contributed by atoms with E-state index in [1.165, 1.54) is 12.1 Å². The summed E-state index contributed by atoms with van der Waals surface area (Å²) in [6.45, 7) is 2.44. The van der Waals surface area contributed by atoms with Crippen molar-refractivity contribution in [3.63, 3.8) is 0 Å². The third-order valence-corrected chi connectivity index (χ3v) is 7.02. The molecule has 0 spiro atoms. The number of sulfonamides is 1. The molecule has 0 unspecified atom stereocenters. The zero-order valence-corrected chi connectivity index (χ0v) is 15.6. The van der Waals surface area contributed by atoms with Gasteiger partial charge in [-0.1, -0.05) is 12.5 Å². The smallest absolute Gasteiger partial charge is 0.233 e. The molecule has 0 bridgehead atoms. The summed E-state index contributed by atoms with van der Waals surface area (Å²) in [5, 5.41) is 0. The summed E-state index contributed by atoms with van der Waals surface area (Å²) in [5.41, 5.74) is -0.642. The van der Waals surface area contributed by atoms with Crippen molar-refractivity contribution in [1.29, 1.82) is 0 Å². The van der Waals surface area contributed by atoms with Gasteiger partial charge < -0.3 is 4.90 Å². The fraction of sp³-hybridized carbons (Fsp3) is 0.611.